The van der Waals surface area contributed by atoms with E-state index in [0.717, 1.165) is 24.2 Å². The molecule has 3 rings (SSSR count). The van der Waals surface area contributed by atoms with Gasteiger partial charge in [0.05, 0.1) is 11.6 Å². The van der Waals surface area contributed by atoms with E-state index in [0.29, 0.717) is 22.2 Å². The molecule has 26 heavy (non-hydrogen) atoms. The molecule has 3 amide bonds. The van der Waals surface area contributed by atoms with Crippen molar-refractivity contribution in [2.45, 2.75) is 44.2 Å². The Bertz CT molecular complexity index is 714. The second-order valence-electron chi connectivity index (χ2n) is 7.00. The van der Waals surface area contributed by atoms with Gasteiger partial charge in [-0.1, -0.05) is 43.0 Å². The average molecular weight is 401 g/mol. The number of urea groups is 1. The standard InChI is InChI=1S/C18H22Cl2N2O4/c1-11-4-2-3-7-18(11)16(24)22(17(25)21-18)9-13(23)10-26-15-6-5-12(19)8-14(15)20/h5-6,8,11,13,23H,2-4,7,9-10H2,1H3,(H,21,25)/t11-,13-,18-/m1/s1. The molecule has 1 saturated carbocycles. The van der Waals surface area contributed by atoms with Crippen molar-refractivity contribution < 1.29 is 19.4 Å². The number of nitrogens with one attached hydrogen (secondary N) is 1. The predicted molar refractivity (Wildman–Crippen MR) is 98.6 cm³/mol. The van der Waals surface area contributed by atoms with Crippen LogP contribution in [0.1, 0.15) is 32.6 Å². The van der Waals surface area contributed by atoms with Crippen LogP contribution in [0.25, 0.3) is 0 Å². The van der Waals surface area contributed by atoms with Crippen molar-refractivity contribution in [1.82, 2.24) is 10.2 Å². The Morgan fingerprint density at radius 2 is 2.15 bits per heavy atom. The van der Waals surface area contributed by atoms with Gasteiger partial charge in [-0.05, 0) is 37.0 Å². The first kappa shape index (κ1) is 19.3. The molecule has 0 radical (unpaired) electrons. The van der Waals surface area contributed by atoms with Crippen molar-refractivity contribution in [2.24, 2.45) is 5.92 Å². The first-order valence-corrected chi connectivity index (χ1v) is 9.49. The van der Waals surface area contributed by atoms with E-state index in [1.165, 1.54) is 6.07 Å². The molecule has 1 aromatic carbocycles. The zero-order valence-electron chi connectivity index (χ0n) is 14.5. The summed E-state index contributed by atoms with van der Waals surface area (Å²) in [5, 5.41) is 13.9. The minimum atomic E-state index is -1.02. The maximum Gasteiger partial charge on any atom is 0.325 e. The van der Waals surface area contributed by atoms with Crippen molar-refractivity contribution in [3.8, 4) is 5.75 Å². The summed E-state index contributed by atoms with van der Waals surface area (Å²) in [5.74, 6) is 0.210. The van der Waals surface area contributed by atoms with Crippen molar-refractivity contribution in [3.05, 3.63) is 28.2 Å². The largest absolute Gasteiger partial charge is 0.489 e. The molecule has 3 atom stereocenters. The Hall–Kier alpha value is -1.50. The van der Waals surface area contributed by atoms with Gasteiger partial charge in [0.1, 0.15) is 24.0 Å². The van der Waals surface area contributed by atoms with Crippen molar-refractivity contribution in [2.75, 3.05) is 13.2 Å². The molecule has 142 valence electrons. The van der Waals surface area contributed by atoms with Crippen LogP contribution in [-0.2, 0) is 4.79 Å². The summed E-state index contributed by atoms with van der Waals surface area (Å²) in [5.41, 5.74) is -0.824. The normalized spacial score (nSPS) is 26.9. The van der Waals surface area contributed by atoms with Crippen LogP contribution in [-0.4, -0.2) is 46.7 Å². The molecule has 6 nitrogen and oxygen atoms in total. The molecule has 2 fully saturated rings. The van der Waals surface area contributed by atoms with Crippen molar-refractivity contribution >= 4 is 35.1 Å². The van der Waals surface area contributed by atoms with Gasteiger partial charge in [-0.2, -0.15) is 0 Å². The summed E-state index contributed by atoms with van der Waals surface area (Å²) in [4.78, 5) is 26.3. The molecular weight excluding hydrogens is 379 g/mol. The number of hydrogen-bond donors (Lipinski definition) is 2. The molecule has 1 aliphatic carbocycles. The molecule has 2 N–H and O–H groups in total. The van der Waals surface area contributed by atoms with Gasteiger partial charge in [-0.25, -0.2) is 4.79 Å². The van der Waals surface area contributed by atoms with Crippen LogP contribution in [0.2, 0.25) is 10.0 Å². The van der Waals surface area contributed by atoms with E-state index >= 15 is 0 Å². The fourth-order valence-corrected chi connectivity index (χ4v) is 4.17. The Morgan fingerprint density at radius 1 is 1.38 bits per heavy atom. The highest BCUT2D eigenvalue weighted by Gasteiger charge is 2.55. The first-order chi connectivity index (χ1) is 12.3. The van der Waals surface area contributed by atoms with Crippen LogP contribution in [0.4, 0.5) is 4.79 Å². The van der Waals surface area contributed by atoms with E-state index in [1.54, 1.807) is 12.1 Å². The smallest absolute Gasteiger partial charge is 0.325 e. The molecule has 1 heterocycles. The lowest BCUT2D eigenvalue weighted by Gasteiger charge is -2.36. The van der Waals surface area contributed by atoms with Gasteiger partial charge < -0.3 is 15.2 Å². The fourth-order valence-electron chi connectivity index (χ4n) is 3.70. The van der Waals surface area contributed by atoms with Crippen LogP contribution in [0, 0.1) is 5.92 Å². The summed E-state index contributed by atoms with van der Waals surface area (Å²) in [6.45, 7) is 1.77. The number of halogens is 2. The van der Waals surface area contributed by atoms with Gasteiger partial charge in [0.15, 0.2) is 0 Å². The number of imide groups is 1. The highest BCUT2D eigenvalue weighted by Crippen LogP contribution is 2.38. The third-order valence-corrected chi connectivity index (χ3v) is 5.75. The van der Waals surface area contributed by atoms with Gasteiger partial charge in [0.2, 0.25) is 0 Å². The van der Waals surface area contributed by atoms with Gasteiger partial charge in [-0.3, -0.25) is 9.69 Å². The van der Waals surface area contributed by atoms with Crippen LogP contribution in [0.15, 0.2) is 18.2 Å². The number of β-amino-alcohol motifs (C(OH)–C–C–N with tert-alkyl or cyclic N) is 1. The number of aliphatic hydroxyl groups is 1. The van der Waals surface area contributed by atoms with E-state index in [2.05, 4.69) is 5.32 Å². The SMILES string of the molecule is C[C@@H]1CCCC[C@@]12NC(=O)N(C[C@@H](O)COc1ccc(Cl)cc1Cl)C2=O. The number of hydrogen-bond acceptors (Lipinski definition) is 4. The zero-order chi connectivity index (χ0) is 18.9. The number of rotatable bonds is 5. The number of aliphatic hydroxyl groups excluding tert-OH is 1. The van der Waals surface area contributed by atoms with Crippen molar-refractivity contribution in [3.63, 3.8) is 0 Å². The van der Waals surface area contributed by atoms with E-state index in [4.69, 9.17) is 27.9 Å². The summed E-state index contributed by atoms with van der Waals surface area (Å²) in [6.07, 6.45) is 2.49. The fraction of sp³-hybridized carbons (Fsp3) is 0.556. The molecule has 0 bridgehead atoms. The van der Waals surface area contributed by atoms with Crippen LogP contribution >= 0.6 is 23.2 Å². The Kier molecular flexibility index (Phi) is 5.65. The minimum Gasteiger partial charge on any atom is -0.489 e. The molecule has 8 heteroatoms. The van der Waals surface area contributed by atoms with Crippen LogP contribution < -0.4 is 10.1 Å². The lowest BCUT2D eigenvalue weighted by atomic mass is 9.73. The average Bonchev–Trinajstić information content (AvgIpc) is 2.82. The maximum atomic E-state index is 12.9. The third-order valence-electron chi connectivity index (χ3n) is 5.22. The predicted octanol–water partition coefficient (Wildman–Crippen LogP) is 3.23. The summed E-state index contributed by atoms with van der Waals surface area (Å²) < 4.78 is 5.48. The van der Waals surface area contributed by atoms with Gasteiger partial charge in [-0.15, -0.1) is 0 Å². The number of benzene rings is 1. The number of carbonyl (C=O) groups is 2. The van der Waals surface area contributed by atoms with Gasteiger partial charge in [0, 0.05) is 5.02 Å². The van der Waals surface area contributed by atoms with E-state index in [1.807, 2.05) is 6.92 Å². The molecule has 1 saturated heterocycles. The molecule has 2 aliphatic rings. The number of ether oxygens (including phenoxy) is 1. The second-order valence-corrected chi connectivity index (χ2v) is 7.85. The highest BCUT2D eigenvalue weighted by molar-refractivity contribution is 6.35. The summed E-state index contributed by atoms with van der Waals surface area (Å²) in [6, 6.07) is 4.31. The third kappa shape index (κ3) is 3.63. The van der Waals surface area contributed by atoms with Crippen LogP contribution in [0.5, 0.6) is 5.75 Å². The van der Waals surface area contributed by atoms with Gasteiger partial charge >= 0.3 is 6.03 Å². The Labute approximate surface area is 162 Å². The molecule has 1 aromatic rings. The monoisotopic (exact) mass is 400 g/mol. The topological polar surface area (TPSA) is 78.9 Å². The number of nitrogens with zero attached hydrogens (tertiary/aromatic N) is 1. The quantitative estimate of drug-likeness (QED) is 0.743. The van der Waals surface area contributed by atoms with E-state index < -0.39 is 17.7 Å². The van der Waals surface area contributed by atoms with Crippen molar-refractivity contribution in [1.29, 1.82) is 0 Å². The molecule has 0 unspecified atom stereocenters. The molecule has 1 spiro atoms. The number of amides is 3. The highest BCUT2D eigenvalue weighted by atomic mass is 35.5. The number of carbonyl (C=O) groups excluding carboxylic acids is 2. The van der Waals surface area contributed by atoms with E-state index in [-0.39, 0.29) is 25.0 Å². The second kappa shape index (κ2) is 7.62. The Balaban J connectivity index is 1.61. The van der Waals surface area contributed by atoms with E-state index in [9.17, 15) is 14.7 Å². The lowest BCUT2D eigenvalue weighted by Crippen LogP contribution is -2.54. The molecule has 1 aliphatic heterocycles. The molecule has 0 aromatic heterocycles. The maximum absolute atomic E-state index is 12.9. The summed E-state index contributed by atoms with van der Waals surface area (Å²) in [7, 11) is 0. The first-order valence-electron chi connectivity index (χ1n) is 8.73. The Morgan fingerprint density at radius 3 is 2.85 bits per heavy atom. The zero-order valence-corrected chi connectivity index (χ0v) is 16.0. The minimum absolute atomic E-state index is 0.0824. The molecular formula is C18H22Cl2N2O4. The lowest BCUT2D eigenvalue weighted by molar-refractivity contribution is -0.135. The van der Waals surface area contributed by atoms with Crippen LogP contribution in [0.3, 0.4) is 0 Å². The summed E-state index contributed by atoms with van der Waals surface area (Å²) >= 11 is 11.9. The van der Waals surface area contributed by atoms with Gasteiger partial charge in [0.25, 0.3) is 5.91 Å².